The van der Waals surface area contributed by atoms with Crippen LogP contribution in [0.15, 0.2) is 33.5 Å². The van der Waals surface area contributed by atoms with Gasteiger partial charge in [0.1, 0.15) is 11.1 Å². The highest BCUT2D eigenvalue weighted by Gasteiger charge is 2.17. The smallest absolute Gasteiger partial charge is 0.347 e. The van der Waals surface area contributed by atoms with E-state index in [2.05, 4.69) is 4.90 Å². The van der Waals surface area contributed by atoms with E-state index in [1.807, 2.05) is 0 Å². The third-order valence-corrected chi connectivity index (χ3v) is 4.34. The zero-order chi connectivity index (χ0) is 17.1. The van der Waals surface area contributed by atoms with Gasteiger partial charge in [-0.2, -0.15) is 0 Å². The Morgan fingerprint density at radius 1 is 1.25 bits per heavy atom. The first-order valence-electron chi connectivity index (χ1n) is 8.04. The van der Waals surface area contributed by atoms with Crippen LogP contribution >= 0.6 is 0 Å². The zero-order valence-electron chi connectivity index (χ0n) is 13.2. The Kier molecular flexibility index (Phi) is 4.94. The van der Waals surface area contributed by atoms with Gasteiger partial charge in [-0.3, -0.25) is 10.0 Å². The topological polar surface area (TPSA) is 97.1 Å². The van der Waals surface area contributed by atoms with Crippen LogP contribution in [0, 0.1) is 5.21 Å². The summed E-state index contributed by atoms with van der Waals surface area (Å²) in [5, 5.41) is 20.1. The quantitative estimate of drug-likeness (QED) is 0.511. The average molecular weight is 331 g/mol. The number of benzene rings is 1. The number of likely N-dealkylation sites (tertiary alicyclic amines) is 1. The van der Waals surface area contributed by atoms with Crippen LogP contribution in [0.4, 0.5) is 5.69 Å². The number of carbonyl (C=O) groups is 1. The molecule has 3 rings (SSSR count). The van der Waals surface area contributed by atoms with Crippen LogP contribution in [-0.2, 0) is 0 Å². The van der Waals surface area contributed by atoms with Gasteiger partial charge in [-0.1, -0.05) is 6.42 Å². The van der Waals surface area contributed by atoms with Gasteiger partial charge in [-0.15, -0.1) is 0 Å². The predicted molar refractivity (Wildman–Crippen MR) is 89.4 cm³/mol. The fraction of sp³-hybridized carbons (Fsp3) is 0.412. The third kappa shape index (κ3) is 3.64. The summed E-state index contributed by atoms with van der Waals surface area (Å²) in [6.45, 7) is 2.60. The summed E-state index contributed by atoms with van der Waals surface area (Å²) in [5.41, 5.74) is -0.435. The molecule has 1 fully saturated rings. The van der Waals surface area contributed by atoms with Crippen LogP contribution in [0.1, 0.15) is 36.0 Å². The number of rotatable bonds is 5. The van der Waals surface area contributed by atoms with E-state index in [4.69, 9.17) is 9.62 Å². The van der Waals surface area contributed by atoms with Gasteiger partial charge in [0.25, 0.3) is 0 Å². The van der Waals surface area contributed by atoms with Gasteiger partial charge in [-0.05, 0) is 50.2 Å². The molecule has 1 saturated heterocycles. The number of fused-ring (bicyclic) bond motifs is 1. The molecule has 0 radical (unpaired) electrons. The van der Waals surface area contributed by atoms with Gasteiger partial charge >= 0.3 is 5.63 Å². The van der Waals surface area contributed by atoms with E-state index in [9.17, 15) is 14.8 Å². The third-order valence-electron chi connectivity index (χ3n) is 4.34. The van der Waals surface area contributed by atoms with Crippen molar-refractivity contribution in [1.82, 2.24) is 4.90 Å². The number of Topliss-reactive ketones (excluding diaryl/α,β-unsaturated/α-hetero) is 1. The number of piperidine rings is 1. The molecule has 1 aliphatic heterocycles. The summed E-state index contributed by atoms with van der Waals surface area (Å²) >= 11 is 0. The molecule has 0 aliphatic carbocycles. The Balaban J connectivity index is 1.80. The van der Waals surface area contributed by atoms with Crippen molar-refractivity contribution in [2.24, 2.45) is 0 Å². The van der Waals surface area contributed by atoms with Crippen molar-refractivity contribution >= 4 is 22.4 Å². The number of ketones is 1. The van der Waals surface area contributed by atoms with Crippen LogP contribution in [-0.4, -0.2) is 35.5 Å². The summed E-state index contributed by atoms with van der Waals surface area (Å²) in [7, 11) is 0. The molecule has 128 valence electrons. The van der Waals surface area contributed by atoms with Crippen LogP contribution in [0.3, 0.4) is 0 Å². The predicted octanol–water partition coefficient (Wildman–Crippen LogP) is 2.55. The SMILES string of the molecule is O=C(CCN1CCCCC1)c1cc2cc(N([O-])O)ccc2oc1=O. The van der Waals surface area contributed by atoms with E-state index in [-0.39, 0.29) is 34.3 Å². The van der Waals surface area contributed by atoms with Crippen LogP contribution in [0.2, 0.25) is 0 Å². The second-order valence-electron chi connectivity index (χ2n) is 6.02. The van der Waals surface area contributed by atoms with E-state index in [0.29, 0.717) is 11.9 Å². The highest BCUT2D eigenvalue weighted by atomic mass is 16.8. The molecule has 0 bridgehead atoms. The number of anilines is 1. The molecule has 0 saturated carbocycles. The van der Waals surface area contributed by atoms with E-state index in [1.165, 1.54) is 30.7 Å². The normalized spacial score (nSPS) is 15.6. The molecule has 1 aromatic heterocycles. The lowest BCUT2D eigenvalue weighted by atomic mass is 10.1. The van der Waals surface area contributed by atoms with E-state index >= 15 is 0 Å². The molecule has 0 spiro atoms. The maximum absolute atomic E-state index is 12.4. The fourth-order valence-corrected chi connectivity index (χ4v) is 3.00. The molecule has 1 N–H and O–H groups in total. The van der Waals surface area contributed by atoms with Gasteiger partial charge in [0.05, 0.1) is 5.69 Å². The molecule has 2 heterocycles. The number of hydrogen-bond donors (Lipinski definition) is 1. The molecule has 0 atom stereocenters. The van der Waals surface area contributed by atoms with Crippen molar-refractivity contribution in [1.29, 1.82) is 0 Å². The van der Waals surface area contributed by atoms with Gasteiger partial charge in [0, 0.05) is 18.4 Å². The molecular formula is C17H19N2O5-. The van der Waals surface area contributed by atoms with Crippen LogP contribution < -0.4 is 10.9 Å². The number of carbonyl (C=O) groups excluding carboxylic acids is 1. The lowest BCUT2D eigenvalue weighted by Gasteiger charge is -2.25. The van der Waals surface area contributed by atoms with Crippen molar-refractivity contribution in [3.05, 3.63) is 45.5 Å². The second kappa shape index (κ2) is 7.12. The van der Waals surface area contributed by atoms with Crippen molar-refractivity contribution in [3.8, 4) is 0 Å². The van der Waals surface area contributed by atoms with Crippen molar-refractivity contribution in [2.75, 3.05) is 24.9 Å². The molecule has 7 heteroatoms. The summed E-state index contributed by atoms with van der Waals surface area (Å²) in [5.74, 6) is -0.274. The lowest BCUT2D eigenvalue weighted by molar-refractivity contribution is 0.0955. The van der Waals surface area contributed by atoms with Gasteiger partial charge in [-0.25, -0.2) is 4.79 Å². The van der Waals surface area contributed by atoms with E-state index in [0.717, 1.165) is 25.9 Å². The Morgan fingerprint density at radius 2 is 2.00 bits per heavy atom. The van der Waals surface area contributed by atoms with E-state index in [1.54, 1.807) is 0 Å². The Morgan fingerprint density at radius 3 is 2.71 bits per heavy atom. The highest BCUT2D eigenvalue weighted by Crippen LogP contribution is 2.21. The highest BCUT2D eigenvalue weighted by molar-refractivity contribution is 5.98. The molecular weight excluding hydrogens is 312 g/mol. The first kappa shape index (κ1) is 16.6. The minimum atomic E-state index is -0.679. The summed E-state index contributed by atoms with van der Waals surface area (Å²) in [6, 6.07) is 5.53. The van der Waals surface area contributed by atoms with E-state index < -0.39 is 5.63 Å². The summed E-state index contributed by atoms with van der Waals surface area (Å²) < 4.78 is 5.15. The first-order chi connectivity index (χ1) is 11.5. The number of hydrogen-bond acceptors (Lipinski definition) is 7. The van der Waals surface area contributed by atoms with Gasteiger partial charge in [0.2, 0.25) is 0 Å². The Bertz CT molecular complexity index is 793. The van der Waals surface area contributed by atoms with Crippen LogP contribution in [0.5, 0.6) is 0 Å². The Hall–Kier alpha value is -2.22. The fourth-order valence-electron chi connectivity index (χ4n) is 3.00. The minimum absolute atomic E-state index is 0.00284. The first-order valence-corrected chi connectivity index (χ1v) is 8.04. The molecule has 0 unspecified atom stereocenters. The largest absolute Gasteiger partial charge is 0.733 e. The standard InChI is InChI=1S/C17H19N2O5/c20-15(6-9-18-7-2-1-3-8-18)14-11-12-10-13(19(22)23)4-5-16(12)24-17(14)21/h4-5,10-11,22H,1-3,6-9H2/q-1. The van der Waals surface area contributed by atoms with Crippen molar-refractivity contribution < 1.29 is 14.4 Å². The van der Waals surface area contributed by atoms with Gasteiger partial charge < -0.3 is 19.8 Å². The molecule has 24 heavy (non-hydrogen) atoms. The maximum Gasteiger partial charge on any atom is 0.347 e. The van der Waals surface area contributed by atoms with Crippen LogP contribution in [0.25, 0.3) is 11.0 Å². The minimum Gasteiger partial charge on any atom is -0.733 e. The number of nitrogens with zero attached hydrogens (tertiary/aromatic N) is 2. The maximum atomic E-state index is 12.4. The van der Waals surface area contributed by atoms with Crippen molar-refractivity contribution in [3.63, 3.8) is 0 Å². The molecule has 1 aliphatic rings. The second-order valence-corrected chi connectivity index (χ2v) is 6.02. The lowest BCUT2D eigenvalue weighted by Crippen LogP contribution is -2.32. The average Bonchev–Trinajstić information content (AvgIpc) is 2.59. The molecule has 2 aromatic rings. The summed E-state index contributed by atoms with van der Waals surface area (Å²) in [4.78, 5) is 26.6. The molecule has 1 aromatic carbocycles. The Labute approximate surface area is 138 Å². The monoisotopic (exact) mass is 331 g/mol. The molecule has 7 nitrogen and oxygen atoms in total. The van der Waals surface area contributed by atoms with Gasteiger partial charge in [0.15, 0.2) is 5.78 Å². The summed E-state index contributed by atoms with van der Waals surface area (Å²) in [6.07, 6.45) is 3.76. The zero-order valence-corrected chi connectivity index (χ0v) is 13.2. The van der Waals surface area contributed by atoms with Crippen molar-refractivity contribution in [2.45, 2.75) is 25.7 Å². The molecule has 0 amide bonds.